The van der Waals surface area contributed by atoms with Crippen molar-refractivity contribution in [3.8, 4) is 5.75 Å². The molecule has 1 aromatic carbocycles. The van der Waals surface area contributed by atoms with Crippen molar-refractivity contribution < 1.29 is 5.11 Å². The molecule has 3 heteroatoms. The summed E-state index contributed by atoms with van der Waals surface area (Å²) < 4.78 is 0.425. The number of hydrogen-bond donors (Lipinski definition) is 2. The van der Waals surface area contributed by atoms with Gasteiger partial charge in [-0.1, -0.05) is 6.07 Å². The van der Waals surface area contributed by atoms with Gasteiger partial charge in [-0.2, -0.15) is 11.8 Å². The Balaban J connectivity index is 1.69. The van der Waals surface area contributed by atoms with Crippen LogP contribution in [0, 0.1) is 0 Å². The Morgan fingerprint density at radius 2 is 2.32 bits per heavy atom. The average Bonchev–Trinajstić information content (AvgIpc) is 2.83. The van der Waals surface area contributed by atoms with Gasteiger partial charge in [-0.3, -0.25) is 0 Å². The number of fused-ring (bicyclic) bond motifs is 1. The largest absolute Gasteiger partial charge is 0.508 e. The van der Waals surface area contributed by atoms with E-state index in [-0.39, 0.29) is 0 Å². The predicted molar refractivity (Wildman–Crippen MR) is 81.9 cm³/mol. The summed E-state index contributed by atoms with van der Waals surface area (Å²) in [6.45, 7) is 3.49. The standard InChI is InChI=1S/C16H23NOS/c1-16(8-3-9-19-16)11-17-15-5-2-4-12-10-13(18)6-7-14(12)15/h6-7,10,15,17-18H,2-5,8-9,11H2,1H3. The first kappa shape index (κ1) is 13.3. The van der Waals surface area contributed by atoms with Crippen LogP contribution < -0.4 is 5.32 Å². The van der Waals surface area contributed by atoms with Crippen molar-refractivity contribution >= 4 is 11.8 Å². The number of aromatic hydroxyl groups is 1. The molecule has 2 atom stereocenters. The minimum absolute atomic E-state index is 0.401. The Kier molecular flexibility index (Phi) is 3.77. The maximum atomic E-state index is 9.59. The monoisotopic (exact) mass is 277 g/mol. The van der Waals surface area contributed by atoms with Crippen molar-refractivity contribution in [3.05, 3.63) is 29.3 Å². The summed E-state index contributed by atoms with van der Waals surface area (Å²) in [5, 5.41) is 13.4. The molecule has 2 N–H and O–H groups in total. The van der Waals surface area contributed by atoms with Gasteiger partial charge in [-0.15, -0.1) is 0 Å². The summed E-state index contributed by atoms with van der Waals surface area (Å²) in [5.74, 6) is 1.71. The lowest BCUT2D eigenvalue weighted by Gasteiger charge is -2.31. The smallest absolute Gasteiger partial charge is 0.115 e. The summed E-state index contributed by atoms with van der Waals surface area (Å²) in [5.41, 5.74) is 2.73. The molecule has 0 spiro atoms. The van der Waals surface area contributed by atoms with Crippen molar-refractivity contribution in [1.82, 2.24) is 5.32 Å². The number of phenolic OH excluding ortho intramolecular Hbond substituents is 1. The molecule has 1 saturated heterocycles. The van der Waals surface area contributed by atoms with Crippen LogP contribution in [0.2, 0.25) is 0 Å². The maximum absolute atomic E-state index is 9.59. The van der Waals surface area contributed by atoms with Gasteiger partial charge < -0.3 is 10.4 Å². The normalized spacial score (nSPS) is 30.3. The molecule has 0 aromatic heterocycles. The lowest BCUT2D eigenvalue weighted by Crippen LogP contribution is -2.36. The highest BCUT2D eigenvalue weighted by Gasteiger charge is 2.30. The van der Waals surface area contributed by atoms with E-state index in [0.29, 0.717) is 16.5 Å². The topological polar surface area (TPSA) is 32.3 Å². The van der Waals surface area contributed by atoms with Crippen LogP contribution in [0.15, 0.2) is 18.2 Å². The molecule has 1 fully saturated rings. The van der Waals surface area contributed by atoms with Crippen LogP contribution in [-0.2, 0) is 6.42 Å². The van der Waals surface area contributed by atoms with Gasteiger partial charge in [0.2, 0.25) is 0 Å². The van der Waals surface area contributed by atoms with E-state index in [0.717, 1.165) is 13.0 Å². The second-order valence-corrected chi connectivity index (χ2v) is 7.79. The molecule has 2 nitrogen and oxygen atoms in total. The zero-order valence-corrected chi connectivity index (χ0v) is 12.4. The summed E-state index contributed by atoms with van der Waals surface area (Å²) in [7, 11) is 0. The van der Waals surface area contributed by atoms with E-state index < -0.39 is 0 Å². The van der Waals surface area contributed by atoms with Crippen molar-refractivity contribution in [3.63, 3.8) is 0 Å². The molecule has 0 bridgehead atoms. The van der Waals surface area contributed by atoms with Crippen LogP contribution in [0.5, 0.6) is 5.75 Å². The summed E-state index contributed by atoms with van der Waals surface area (Å²) in [6.07, 6.45) is 6.24. The molecule has 1 aliphatic heterocycles. The lowest BCUT2D eigenvalue weighted by molar-refractivity contribution is 0.423. The van der Waals surface area contributed by atoms with Crippen LogP contribution in [0.3, 0.4) is 0 Å². The number of rotatable bonds is 3. The van der Waals surface area contributed by atoms with Gasteiger partial charge in [-0.25, -0.2) is 0 Å². The molecule has 1 aromatic rings. The molecule has 0 amide bonds. The van der Waals surface area contributed by atoms with Crippen LogP contribution in [0.25, 0.3) is 0 Å². The van der Waals surface area contributed by atoms with Crippen LogP contribution in [-0.4, -0.2) is 22.2 Å². The van der Waals surface area contributed by atoms with Gasteiger partial charge in [0.25, 0.3) is 0 Å². The van der Waals surface area contributed by atoms with E-state index >= 15 is 0 Å². The van der Waals surface area contributed by atoms with Gasteiger partial charge >= 0.3 is 0 Å². The van der Waals surface area contributed by atoms with Crippen molar-refractivity contribution in [1.29, 1.82) is 0 Å². The molecule has 2 aliphatic rings. The van der Waals surface area contributed by atoms with Crippen LogP contribution in [0.4, 0.5) is 0 Å². The van der Waals surface area contributed by atoms with Gasteiger partial charge in [0, 0.05) is 17.3 Å². The lowest BCUT2D eigenvalue weighted by atomic mass is 9.87. The van der Waals surface area contributed by atoms with Crippen LogP contribution >= 0.6 is 11.8 Å². The second kappa shape index (κ2) is 5.37. The third-order valence-electron chi connectivity index (χ3n) is 4.46. The third kappa shape index (κ3) is 2.92. The Morgan fingerprint density at radius 3 is 3.11 bits per heavy atom. The zero-order chi connectivity index (χ0) is 13.3. The molecular formula is C16H23NOS. The SMILES string of the molecule is CC1(CNC2CCCc3cc(O)ccc32)CCCS1. The molecule has 0 radical (unpaired) electrons. The highest BCUT2D eigenvalue weighted by atomic mass is 32.2. The first-order chi connectivity index (χ1) is 9.16. The minimum atomic E-state index is 0.401. The van der Waals surface area contributed by atoms with E-state index in [1.165, 1.54) is 42.6 Å². The summed E-state index contributed by atoms with van der Waals surface area (Å²) >= 11 is 2.11. The molecule has 1 heterocycles. The van der Waals surface area contributed by atoms with E-state index in [4.69, 9.17) is 0 Å². The Hall–Kier alpha value is -0.670. The van der Waals surface area contributed by atoms with Gasteiger partial charge in [0.1, 0.15) is 5.75 Å². The van der Waals surface area contributed by atoms with E-state index in [1.807, 2.05) is 12.1 Å². The fraction of sp³-hybridized carbons (Fsp3) is 0.625. The van der Waals surface area contributed by atoms with Crippen molar-refractivity contribution in [2.24, 2.45) is 0 Å². The molecule has 1 aliphatic carbocycles. The number of phenols is 1. The molecule has 3 rings (SSSR count). The van der Waals surface area contributed by atoms with Crippen molar-refractivity contribution in [2.45, 2.75) is 49.8 Å². The van der Waals surface area contributed by atoms with Gasteiger partial charge in [-0.05, 0) is 68.0 Å². The van der Waals surface area contributed by atoms with Crippen LogP contribution in [0.1, 0.15) is 49.8 Å². The Morgan fingerprint density at radius 1 is 1.42 bits per heavy atom. The van der Waals surface area contributed by atoms with Gasteiger partial charge in [0.15, 0.2) is 0 Å². The molecule has 0 saturated carbocycles. The number of thioether (sulfide) groups is 1. The minimum Gasteiger partial charge on any atom is -0.508 e. The highest BCUT2D eigenvalue weighted by Crippen LogP contribution is 2.38. The number of hydrogen-bond acceptors (Lipinski definition) is 3. The quantitative estimate of drug-likeness (QED) is 0.884. The molecule has 19 heavy (non-hydrogen) atoms. The van der Waals surface area contributed by atoms with Gasteiger partial charge in [0.05, 0.1) is 0 Å². The fourth-order valence-corrected chi connectivity index (χ4v) is 4.58. The van der Waals surface area contributed by atoms with Crippen molar-refractivity contribution in [2.75, 3.05) is 12.3 Å². The fourth-order valence-electron chi connectivity index (χ4n) is 3.33. The predicted octanol–water partition coefficient (Wildman–Crippen LogP) is 3.64. The summed E-state index contributed by atoms with van der Waals surface area (Å²) in [6, 6.07) is 6.34. The number of benzene rings is 1. The third-order valence-corrected chi connectivity index (χ3v) is 6.00. The average molecular weight is 277 g/mol. The number of aryl methyl sites for hydroxylation is 1. The summed E-state index contributed by atoms with van der Waals surface area (Å²) in [4.78, 5) is 0. The van der Waals surface area contributed by atoms with E-state index in [2.05, 4.69) is 30.1 Å². The number of nitrogens with one attached hydrogen (secondary N) is 1. The van der Waals surface area contributed by atoms with E-state index in [9.17, 15) is 5.11 Å². The maximum Gasteiger partial charge on any atom is 0.115 e. The second-order valence-electron chi connectivity index (χ2n) is 6.11. The highest BCUT2D eigenvalue weighted by molar-refractivity contribution is 8.00. The van der Waals surface area contributed by atoms with E-state index in [1.54, 1.807) is 0 Å². The Bertz CT molecular complexity index is 454. The first-order valence-corrected chi connectivity index (χ1v) is 8.34. The molecule has 2 unspecified atom stereocenters. The first-order valence-electron chi connectivity index (χ1n) is 7.35. The zero-order valence-electron chi connectivity index (χ0n) is 11.6. The molecular weight excluding hydrogens is 254 g/mol. The molecule has 104 valence electrons. The Labute approximate surface area is 120 Å².